The third-order valence-corrected chi connectivity index (χ3v) is 2.62. The fourth-order valence-corrected chi connectivity index (χ4v) is 1.75. The van der Waals surface area contributed by atoms with Gasteiger partial charge >= 0.3 is 6.18 Å². The predicted octanol–water partition coefficient (Wildman–Crippen LogP) is 2.31. The second kappa shape index (κ2) is 5.00. The van der Waals surface area contributed by atoms with Crippen molar-refractivity contribution in [1.82, 2.24) is 20.1 Å². The van der Waals surface area contributed by atoms with Crippen molar-refractivity contribution >= 4 is 0 Å². The molecule has 0 aliphatic carbocycles. The number of aryl methyl sites for hydroxylation is 1. The van der Waals surface area contributed by atoms with Crippen LogP contribution in [0.1, 0.15) is 16.7 Å². The lowest BCUT2D eigenvalue weighted by Gasteiger charge is -2.07. The number of pyridine rings is 1. The monoisotopic (exact) mass is 270 g/mol. The zero-order valence-corrected chi connectivity index (χ0v) is 10.5. The van der Waals surface area contributed by atoms with Gasteiger partial charge in [0.25, 0.3) is 0 Å². The highest BCUT2D eigenvalue weighted by Gasteiger charge is 2.32. The molecule has 1 N–H and O–H groups in total. The van der Waals surface area contributed by atoms with E-state index < -0.39 is 11.7 Å². The van der Waals surface area contributed by atoms with E-state index in [1.165, 1.54) is 0 Å². The minimum Gasteiger partial charge on any atom is -0.316 e. The first-order valence-electron chi connectivity index (χ1n) is 5.64. The number of rotatable bonds is 3. The maximum Gasteiger partial charge on any atom is 0.419 e. The van der Waals surface area contributed by atoms with Crippen LogP contribution in [0.3, 0.4) is 0 Å². The summed E-state index contributed by atoms with van der Waals surface area (Å²) in [4.78, 5) is 4.16. The Morgan fingerprint density at radius 2 is 2.05 bits per heavy atom. The molecule has 2 heterocycles. The Balaban J connectivity index is 2.34. The van der Waals surface area contributed by atoms with E-state index in [4.69, 9.17) is 0 Å². The van der Waals surface area contributed by atoms with Crippen LogP contribution in [0.15, 0.2) is 24.7 Å². The fourth-order valence-electron chi connectivity index (χ4n) is 1.75. The van der Waals surface area contributed by atoms with Crippen molar-refractivity contribution in [2.75, 3.05) is 7.05 Å². The maximum absolute atomic E-state index is 12.5. The molecular weight excluding hydrogens is 257 g/mol. The molecule has 4 nitrogen and oxygen atoms in total. The zero-order valence-electron chi connectivity index (χ0n) is 10.5. The van der Waals surface area contributed by atoms with Crippen LogP contribution >= 0.6 is 0 Å². The van der Waals surface area contributed by atoms with E-state index in [-0.39, 0.29) is 0 Å². The maximum atomic E-state index is 12.5. The molecule has 0 aromatic carbocycles. The topological polar surface area (TPSA) is 42.7 Å². The smallest absolute Gasteiger partial charge is 0.316 e. The molecular formula is C12H13F3N4. The molecule has 0 radical (unpaired) electrons. The van der Waals surface area contributed by atoms with E-state index in [2.05, 4.69) is 15.4 Å². The summed E-state index contributed by atoms with van der Waals surface area (Å²) in [7, 11) is 1.81. The summed E-state index contributed by atoms with van der Waals surface area (Å²) in [6.45, 7) is 2.44. The van der Waals surface area contributed by atoms with Gasteiger partial charge in [-0.05, 0) is 31.2 Å². The molecule has 19 heavy (non-hydrogen) atoms. The highest BCUT2D eigenvalue weighted by Crippen LogP contribution is 2.29. The van der Waals surface area contributed by atoms with Gasteiger partial charge in [-0.3, -0.25) is 0 Å². The normalized spacial score (nSPS) is 11.8. The predicted molar refractivity (Wildman–Crippen MR) is 63.9 cm³/mol. The first kappa shape index (κ1) is 13.5. The quantitative estimate of drug-likeness (QED) is 0.930. The minimum atomic E-state index is -4.39. The lowest BCUT2D eigenvalue weighted by atomic mass is 10.2. The minimum absolute atomic E-state index is 0.398. The number of nitrogens with one attached hydrogen (secondary N) is 1. The molecule has 0 aliphatic rings. The van der Waals surface area contributed by atoms with Crippen molar-refractivity contribution in [3.05, 3.63) is 41.3 Å². The van der Waals surface area contributed by atoms with E-state index in [0.717, 1.165) is 28.2 Å². The van der Waals surface area contributed by atoms with Crippen molar-refractivity contribution in [2.24, 2.45) is 0 Å². The van der Waals surface area contributed by atoms with Crippen molar-refractivity contribution in [3.63, 3.8) is 0 Å². The summed E-state index contributed by atoms with van der Waals surface area (Å²) >= 11 is 0. The summed E-state index contributed by atoms with van der Waals surface area (Å²) in [5, 5.41) is 6.69. The number of aromatic nitrogens is 3. The van der Waals surface area contributed by atoms with Gasteiger partial charge in [-0.15, -0.1) is 0 Å². The molecule has 0 unspecified atom stereocenters. The molecule has 0 aliphatic heterocycles. The molecule has 0 bridgehead atoms. The van der Waals surface area contributed by atoms with Gasteiger partial charge in [0.1, 0.15) is 0 Å². The van der Waals surface area contributed by atoms with Crippen molar-refractivity contribution in [1.29, 1.82) is 0 Å². The Hall–Kier alpha value is -1.89. The Labute approximate surface area is 108 Å². The lowest BCUT2D eigenvalue weighted by Crippen LogP contribution is -2.08. The molecule has 0 fully saturated rings. The Kier molecular flexibility index (Phi) is 3.57. The van der Waals surface area contributed by atoms with Gasteiger partial charge < -0.3 is 5.32 Å². The van der Waals surface area contributed by atoms with Gasteiger partial charge in [0, 0.05) is 18.9 Å². The van der Waals surface area contributed by atoms with Crippen LogP contribution in [0.5, 0.6) is 0 Å². The van der Waals surface area contributed by atoms with Crippen LogP contribution in [0.4, 0.5) is 13.2 Å². The summed E-state index contributed by atoms with van der Waals surface area (Å²) in [5.74, 6) is 0.398. The van der Waals surface area contributed by atoms with Crippen LogP contribution in [0.25, 0.3) is 5.82 Å². The lowest BCUT2D eigenvalue weighted by molar-refractivity contribution is -0.137. The van der Waals surface area contributed by atoms with E-state index in [1.807, 2.05) is 13.1 Å². The van der Waals surface area contributed by atoms with Gasteiger partial charge in [-0.2, -0.15) is 18.3 Å². The second-order valence-corrected chi connectivity index (χ2v) is 4.19. The van der Waals surface area contributed by atoms with E-state index in [0.29, 0.717) is 12.4 Å². The summed E-state index contributed by atoms with van der Waals surface area (Å²) < 4.78 is 38.6. The van der Waals surface area contributed by atoms with E-state index in [9.17, 15) is 13.2 Å². The van der Waals surface area contributed by atoms with Crippen LogP contribution in [0, 0.1) is 6.92 Å². The number of hydrogen-bond acceptors (Lipinski definition) is 3. The van der Waals surface area contributed by atoms with Gasteiger partial charge in [0.15, 0.2) is 5.82 Å². The average molecular weight is 270 g/mol. The molecule has 0 amide bonds. The van der Waals surface area contributed by atoms with Gasteiger partial charge in [-0.25, -0.2) is 9.67 Å². The Bertz CT molecular complexity index is 575. The highest BCUT2D eigenvalue weighted by molar-refractivity contribution is 5.35. The number of alkyl halides is 3. The van der Waals surface area contributed by atoms with E-state index in [1.54, 1.807) is 13.1 Å². The van der Waals surface area contributed by atoms with Gasteiger partial charge in [-0.1, -0.05) is 0 Å². The molecule has 0 saturated carbocycles. The SMILES string of the molecule is CNCc1cnc(-n2cc(C(F)(F)F)cn2)c(C)c1. The van der Waals surface area contributed by atoms with Crippen molar-refractivity contribution in [2.45, 2.75) is 19.6 Å². The Morgan fingerprint density at radius 1 is 1.32 bits per heavy atom. The van der Waals surface area contributed by atoms with Gasteiger partial charge in [0.05, 0.1) is 11.8 Å². The molecule has 2 aromatic rings. The molecule has 0 saturated heterocycles. The molecule has 2 rings (SSSR count). The standard InChI is InChI=1S/C12H13F3N4/c1-8-3-9(4-16-2)5-17-11(8)19-7-10(6-18-19)12(13,14)15/h3,5-7,16H,4H2,1-2H3. The summed E-state index contributed by atoms with van der Waals surface area (Å²) in [6, 6.07) is 1.87. The van der Waals surface area contributed by atoms with Crippen molar-refractivity contribution < 1.29 is 13.2 Å². The number of hydrogen-bond donors (Lipinski definition) is 1. The highest BCUT2D eigenvalue weighted by atomic mass is 19.4. The van der Waals surface area contributed by atoms with Crippen LogP contribution in [-0.2, 0) is 12.7 Å². The molecule has 0 atom stereocenters. The molecule has 7 heteroatoms. The fraction of sp³-hybridized carbons (Fsp3) is 0.333. The third kappa shape index (κ3) is 2.93. The zero-order chi connectivity index (χ0) is 14.0. The largest absolute Gasteiger partial charge is 0.419 e. The third-order valence-electron chi connectivity index (χ3n) is 2.62. The van der Waals surface area contributed by atoms with E-state index >= 15 is 0 Å². The first-order chi connectivity index (χ1) is 8.91. The van der Waals surface area contributed by atoms with Crippen LogP contribution in [0.2, 0.25) is 0 Å². The molecule has 0 spiro atoms. The number of halogens is 3. The van der Waals surface area contributed by atoms with Gasteiger partial charge in [0.2, 0.25) is 0 Å². The molecule has 102 valence electrons. The first-order valence-corrected chi connectivity index (χ1v) is 5.64. The average Bonchev–Trinajstić information content (AvgIpc) is 2.78. The van der Waals surface area contributed by atoms with Crippen LogP contribution in [-0.4, -0.2) is 21.8 Å². The summed E-state index contributed by atoms with van der Waals surface area (Å²) in [6.07, 6.45) is -1.04. The van der Waals surface area contributed by atoms with Crippen LogP contribution < -0.4 is 5.32 Å². The summed E-state index contributed by atoms with van der Waals surface area (Å²) in [5.41, 5.74) is 0.949. The second-order valence-electron chi connectivity index (χ2n) is 4.19. The van der Waals surface area contributed by atoms with Crippen molar-refractivity contribution in [3.8, 4) is 5.82 Å². The molecule has 2 aromatic heterocycles. The Morgan fingerprint density at radius 3 is 2.58 bits per heavy atom. The number of nitrogens with zero attached hydrogens (tertiary/aromatic N) is 3.